The summed E-state index contributed by atoms with van der Waals surface area (Å²) in [6.45, 7) is 0. The molecule has 4 heteroatoms. The first-order valence-corrected chi connectivity index (χ1v) is 28.0. The second-order valence-electron chi connectivity index (χ2n) is 20.5. The van der Waals surface area contributed by atoms with Gasteiger partial charge in [-0.1, -0.05) is 200 Å². The van der Waals surface area contributed by atoms with Crippen LogP contribution in [0.2, 0.25) is 0 Å². The zero-order chi connectivity index (χ0) is 54.6. The fourth-order valence-corrected chi connectivity index (χ4v) is 11.8. The van der Waals surface area contributed by atoms with Crippen LogP contribution in [0.4, 0.5) is 51.2 Å². The highest BCUT2D eigenvalue weighted by Crippen LogP contribution is 2.49. The Morgan fingerprint density at radius 2 is 0.512 bits per heavy atom. The summed E-state index contributed by atoms with van der Waals surface area (Å²) in [6, 6.07) is 123. The molecule has 0 saturated heterocycles. The number of aromatic nitrogens is 1. The van der Waals surface area contributed by atoms with Crippen LogP contribution < -0.4 is 14.7 Å². The molecular formula is C78H56N4. The highest BCUT2D eigenvalue weighted by atomic mass is 15.2. The highest BCUT2D eigenvalue weighted by molar-refractivity contribution is 6.12. The minimum atomic E-state index is 1.02. The Balaban J connectivity index is 1.07. The number of hydrogen-bond donors (Lipinski definition) is 0. The molecule has 0 unspecified atom stereocenters. The van der Waals surface area contributed by atoms with Crippen molar-refractivity contribution >= 4 is 73.0 Å². The summed E-state index contributed by atoms with van der Waals surface area (Å²) < 4.78 is 2.41. The number of hydrogen-bond acceptors (Lipinski definition) is 3. The molecule has 0 saturated carbocycles. The third-order valence-electron chi connectivity index (χ3n) is 15.5. The summed E-state index contributed by atoms with van der Waals surface area (Å²) in [6.07, 6.45) is 0. The zero-order valence-electron chi connectivity index (χ0n) is 45.1. The van der Waals surface area contributed by atoms with Gasteiger partial charge in [0.2, 0.25) is 0 Å². The Kier molecular flexibility index (Phi) is 13.3. The van der Waals surface area contributed by atoms with Gasteiger partial charge in [0.05, 0.1) is 11.0 Å². The molecule has 13 aromatic carbocycles. The molecule has 0 spiro atoms. The minimum absolute atomic E-state index is 1.02. The zero-order valence-corrected chi connectivity index (χ0v) is 45.1. The topological polar surface area (TPSA) is 14.7 Å². The molecule has 0 fully saturated rings. The van der Waals surface area contributed by atoms with E-state index in [4.69, 9.17) is 0 Å². The number of para-hydroxylation sites is 7. The molecule has 388 valence electrons. The van der Waals surface area contributed by atoms with Crippen molar-refractivity contribution in [1.29, 1.82) is 0 Å². The molecule has 0 amide bonds. The second kappa shape index (κ2) is 22.1. The molecular weight excluding hydrogens is 993 g/mol. The quantitative estimate of drug-likeness (QED) is 0.108. The van der Waals surface area contributed by atoms with Crippen LogP contribution in [-0.2, 0) is 0 Å². The van der Waals surface area contributed by atoms with Crippen molar-refractivity contribution in [2.24, 2.45) is 0 Å². The summed E-state index contributed by atoms with van der Waals surface area (Å²) in [4.78, 5) is 7.12. The van der Waals surface area contributed by atoms with Gasteiger partial charge in [0.25, 0.3) is 0 Å². The molecule has 0 bridgehead atoms. The SMILES string of the molecule is c1ccc(-c2ccc3c(c2)c2cc(-c4cccc(-c5cccc(N(c6ccccc6)c6ccccc6)c5)c4-c4cc(N(c5ccccc5)c5ccccc5)cc(N(c5ccccc5)c5ccccc5)c4)ccc2n3-c2ccccc2)cc1. The van der Waals surface area contributed by atoms with Gasteiger partial charge in [0.15, 0.2) is 0 Å². The van der Waals surface area contributed by atoms with Gasteiger partial charge >= 0.3 is 0 Å². The molecule has 4 nitrogen and oxygen atoms in total. The fourth-order valence-electron chi connectivity index (χ4n) is 11.8. The number of rotatable bonds is 14. The van der Waals surface area contributed by atoms with Crippen LogP contribution in [0.3, 0.4) is 0 Å². The Hall–Kier alpha value is -10.9. The molecule has 0 aliphatic rings. The Morgan fingerprint density at radius 3 is 0.951 bits per heavy atom. The number of benzene rings is 13. The standard InChI is InChI=1S/C78H56N4/c1-9-27-57(28-10-1)58-47-49-76-74(54-58)75-55-60(48-50-77(75)82(76)68-42-23-8-24-43-68)73-46-26-45-72(59-29-25-44-69(51-59)79(62-30-11-2-12-31-62)63-32-13-3-14-33-63)78(73)61-52-70(80(64-34-15-4-16-35-64)65-36-17-5-18-37-65)56-71(53-61)81(66-38-19-6-20-39-66)67-40-21-7-22-41-67/h1-56H. The first-order chi connectivity index (χ1) is 40.7. The predicted molar refractivity (Wildman–Crippen MR) is 347 cm³/mol. The van der Waals surface area contributed by atoms with E-state index in [2.05, 4.69) is 359 Å². The second-order valence-corrected chi connectivity index (χ2v) is 20.5. The molecule has 0 aliphatic carbocycles. The smallest absolute Gasteiger partial charge is 0.0541 e. The molecule has 14 rings (SSSR count). The van der Waals surface area contributed by atoms with Crippen LogP contribution >= 0.6 is 0 Å². The van der Waals surface area contributed by atoms with Crippen molar-refractivity contribution in [1.82, 2.24) is 4.57 Å². The van der Waals surface area contributed by atoms with E-state index < -0.39 is 0 Å². The van der Waals surface area contributed by atoms with Gasteiger partial charge in [-0.05, 0) is 184 Å². The lowest BCUT2D eigenvalue weighted by Crippen LogP contribution is -2.13. The summed E-state index contributed by atoms with van der Waals surface area (Å²) in [5, 5.41) is 2.38. The van der Waals surface area contributed by atoms with Crippen molar-refractivity contribution in [3.05, 3.63) is 340 Å². The van der Waals surface area contributed by atoms with E-state index >= 15 is 0 Å². The van der Waals surface area contributed by atoms with Gasteiger partial charge in [-0.3, -0.25) is 0 Å². The van der Waals surface area contributed by atoms with Crippen LogP contribution in [0.5, 0.6) is 0 Å². The molecule has 1 heterocycles. The van der Waals surface area contributed by atoms with E-state index in [1.54, 1.807) is 0 Å². The molecule has 0 atom stereocenters. The fraction of sp³-hybridized carbons (Fsp3) is 0. The molecule has 0 radical (unpaired) electrons. The van der Waals surface area contributed by atoms with Gasteiger partial charge in [0, 0.05) is 67.6 Å². The Morgan fingerprint density at radius 1 is 0.195 bits per heavy atom. The number of nitrogens with zero attached hydrogens (tertiary/aromatic N) is 4. The molecule has 14 aromatic rings. The largest absolute Gasteiger partial charge is 0.310 e. The van der Waals surface area contributed by atoms with E-state index in [1.807, 2.05) is 0 Å². The van der Waals surface area contributed by atoms with Crippen molar-refractivity contribution in [2.45, 2.75) is 0 Å². The van der Waals surface area contributed by atoms with E-state index in [0.29, 0.717) is 0 Å². The maximum atomic E-state index is 2.43. The summed E-state index contributed by atoms with van der Waals surface area (Å²) in [7, 11) is 0. The Bertz CT molecular complexity index is 4260. The van der Waals surface area contributed by atoms with Gasteiger partial charge < -0.3 is 19.3 Å². The lowest BCUT2D eigenvalue weighted by molar-refractivity contribution is 1.18. The van der Waals surface area contributed by atoms with Gasteiger partial charge in [0.1, 0.15) is 0 Å². The monoisotopic (exact) mass is 1050 g/mol. The first-order valence-electron chi connectivity index (χ1n) is 28.0. The van der Waals surface area contributed by atoms with E-state index in [9.17, 15) is 0 Å². The molecule has 1 aromatic heterocycles. The van der Waals surface area contributed by atoms with Gasteiger partial charge in [-0.15, -0.1) is 0 Å². The summed E-state index contributed by atoms with van der Waals surface area (Å²) in [5.41, 5.74) is 21.9. The molecule has 0 aliphatic heterocycles. The van der Waals surface area contributed by atoms with Crippen LogP contribution in [0, 0.1) is 0 Å². The molecule has 0 N–H and O–H groups in total. The van der Waals surface area contributed by atoms with Gasteiger partial charge in [-0.25, -0.2) is 0 Å². The number of anilines is 9. The summed E-state index contributed by atoms with van der Waals surface area (Å²) >= 11 is 0. The predicted octanol–water partition coefficient (Wildman–Crippen LogP) is 21.9. The van der Waals surface area contributed by atoms with E-state index in [1.165, 1.54) is 21.9 Å². The van der Waals surface area contributed by atoms with Crippen LogP contribution in [0.25, 0.3) is 72.0 Å². The Labute approximate surface area is 479 Å². The van der Waals surface area contributed by atoms with Crippen molar-refractivity contribution in [2.75, 3.05) is 14.7 Å². The van der Waals surface area contributed by atoms with Gasteiger partial charge in [-0.2, -0.15) is 0 Å². The maximum Gasteiger partial charge on any atom is 0.0541 e. The van der Waals surface area contributed by atoms with Crippen molar-refractivity contribution in [3.8, 4) is 50.2 Å². The van der Waals surface area contributed by atoms with Crippen LogP contribution in [-0.4, -0.2) is 4.57 Å². The first kappa shape index (κ1) is 49.4. The van der Waals surface area contributed by atoms with E-state index in [0.717, 1.165) is 101 Å². The number of fused-ring (bicyclic) bond motifs is 3. The van der Waals surface area contributed by atoms with Crippen molar-refractivity contribution < 1.29 is 0 Å². The van der Waals surface area contributed by atoms with E-state index in [-0.39, 0.29) is 0 Å². The summed E-state index contributed by atoms with van der Waals surface area (Å²) in [5.74, 6) is 0. The molecule has 82 heavy (non-hydrogen) atoms. The third-order valence-corrected chi connectivity index (χ3v) is 15.5. The lowest BCUT2D eigenvalue weighted by Gasteiger charge is -2.31. The average molecular weight is 1050 g/mol. The normalized spacial score (nSPS) is 11.2. The maximum absolute atomic E-state index is 2.43. The minimum Gasteiger partial charge on any atom is -0.310 e. The van der Waals surface area contributed by atoms with Crippen LogP contribution in [0.15, 0.2) is 340 Å². The average Bonchev–Trinajstić information content (AvgIpc) is 4.10. The van der Waals surface area contributed by atoms with Crippen LogP contribution in [0.1, 0.15) is 0 Å². The van der Waals surface area contributed by atoms with Crippen molar-refractivity contribution in [3.63, 3.8) is 0 Å². The highest BCUT2D eigenvalue weighted by Gasteiger charge is 2.24. The third kappa shape index (κ3) is 9.55. The lowest BCUT2D eigenvalue weighted by atomic mass is 9.86.